The Labute approximate surface area is 216 Å². The van der Waals surface area contributed by atoms with E-state index >= 15 is 0 Å². The highest BCUT2D eigenvalue weighted by Crippen LogP contribution is 2.25. The molecule has 194 valence electrons. The number of allylic oxidation sites excluding steroid dienone is 2. The first-order valence-corrected chi connectivity index (χ1v) is 12.8. The molecule has 1 unspecified atom stereocenters. The van der Waals surface area contributed by atoms with Gasteiger partial charge in [-0.3, -0.25) is 15.3 Å². The number of carbonyl (C=O) groups excluding carboxylic acids is 1. The predicted octanol–water partition coefficient (Wildman–Crippen LogP) is 7.55. The second kappa shape index (κ2) is 17.8. The lowest BCUT2D eigenvalue weighted by Gasteiger charge is -2.11. The number of rotatable bonds is 4. The van der Waals surface area contributed by atoms with Crippen molar-refractivity contribution in [2.24, 2.45) is 0 Å². The Hall–Kier alpha value is -3.58. The molecule has 0 radical (unpaired) electrons. The van der Waals surface area contributed by atoms with Crippen molar-refractivity contribution in [2.75, 3.05) is 17.2 Å². The number of benzene rings is 1. The third-order valence-electron chi connectivity index (χ3n) is 5.05. The number of amides is 2. The van der Waals surface area contributed by atoms with Gasteiger partial charge >= 0.3 is 6.03 Å². The summed E-state index contributed by atoms with van der Waals surface area (Å²) >= 11 is 0. The molecule has 0 saturated carbocycles. The van der Waals surface area contributed by atoms with Crippen LogP contribution in [0.15, 0.2) is 67.1 Å². The second-order valence-electron chi connectivity index (χ2n) is 7.49. The number of urea groups is 1. The Morgan fingerprint density at radius 3 is 2.19 bits per heavy atom. The summed E-state index contributed by atoms with van der Waals surface area (Å²) in [6.07, 6.45) is 11.2. The maximum atomic E-state index is 12.2. The number of carbonyl (C=O) groups is 1. The van der Waals surface area contributed by atoms with E-state index in [0.717, 1.165) is 17.8 Å². The average Bonchev–Trinajstić information content (AvgIpc) is 3.48. The van der Waals surface area contributed by atoms with E-state index in [0.29, 0.717) is 23.2 Å². The first kappa shape index (κ1) is 30.5. The SMILES string of the molecule is C/C=C\C.CC.CC.Cc1ccc(NC(=O)Nc2cncc(-c3ccc(C4CCCN4)cc3)n2)cn1. The molecule has 36 heavy (non-hydrogen) atoms. The van der Waals surface area contributed by atoms with Crippen molar-refractivity contribution in [3.05, 3.63) is 78.4 Å². The summed E-state index contributed by atoms with van der Waals surface area (Å²) in [4.78, 5) is 25.0. The predicted molar refractivity (Wildman–Crippen MR) is 152 cm³/mol. The van der Waals surface area contributed by atoms with Gasteiger partial charge in [0.2, 0.25) is 0 Å². The van der Waals surface area contributed by atoms with Crippen LogP contribution in [0.25, 0.3) is 11.3 Å². The van der Waals surface area contributed by atoms with E-state index in [4.69, 9.17) is 0 Å². The van der Waals surface area contributed by atoms with Crippen LogP contribution < -0.4 is 16.0 Å². The standard InChI is InChI=1S/C21H22N6O.C4H8.2C2H6/c1-14-4-9-17(11-24-14)25-21(28)27-20-13-22-12-19(26-20)16-7-5-15(6-8-16)18-3-2-10-23-18;1-3-4-2;2*1-2/h4-9,11-13,18,23H,2-3,10H2,1H3,(H2,25,26,27,28);3-4H,1-2H3;2*1-2H3/b;4-3-;;. The molecule has 1 saturated heterocycles. The van der Waals surface area contributed by atoms with E-state index in [1.807, 2.05) is 78.8 Å². The highest BCUT2D eigenvalue weighted by Gasteiger charge is 2.16. The highest BCUT2D eigenvalue weighted by atomic mass is 16.2. The minimum atomic E-state index is -0.389. The van der Waals surface area contributed by atoms with Gasteiger partial charge < -0.3 is 10.6 Å². The van der Waals surface area contributed by atoms with Crippen LogP contribution in [0.1, 0.15) is 71.7 Å². The molecule has 2 amide bonds. The monoisotopic (exact) mass is 490 g/mol. The molecule has 2 aromatic heterocycles. The zero-order valence-corrected chi connectivity index (χ0v) is 22.8. The molecule has 1 aliphatic rings. The number of aromatic nitrogens is 3. The number of anilines is 2. The molecule has 3 N–H and O–H groups in total. The van der Waals surface area contributed by atoms with Crippen LogP contribution in [-0.4, -0.2) is 27.5 Å². The van der Waals surface area contributed by atoms with Gasteiger partial charge in [-0.1, -0.05) is 64.1 Å². The van der Waals surface area contributed by atoms with E-state index < -0.39 is 0 Å². The summed E-state index contributed by atoms with van der Waals surface area (Å²) in [6.45, 7) is 15.0. The molecule has 0 bridgehead atoms. The zero-order valence-electron chi connectivity index (χ0n) is 22.8. The molecule has 3 heterocycles. The fourth-order valence-electron chi connectivity index (χ4n) is 3.24. The van der Waals surface area contributed by atoms with Crippen molar-refractivity contribution in [3.8, 4) is 11.3 Å². The Bertz CT molecular complexity index is 1020. The summed E-state index contributed by atoms with van der Waals surface area (Å²) in [6, 6.07) is 12.0. The lowest BCUT2D eigenvalue weighted by molar-refractivity contribution is 0.262. The van der Waals surface area contributed by atoms with Gasteiger partial charge in [-0.2, -0.15) is 0 Å². The van der Waals surface area contributed by atoms with E-state index in [-0.39, 0.29) is 6.03 Å². The smallest absolute Gasteiger partial charge is 0.310 e. The number of nitrogens with zero attached hydrogens (tertiary/aromatic N) is 3. The molecule has 0 spiro atoms. The minimum absolute atomic E-state index is 0.386. The summed E-state index contributed by atoms with van der Waals surface area (Å²) in [5, 5.41) is 8.94. The van der Waals surface area contributed by atoms with Crippen LogP contribution in [0.2, 0.25) is 0 Å². The molecular weight excluding hydrogens is 448 g/mol. The van der Waals surface area contributed by atoms with Gasteiger partial charge in [-0.15, -0.1) is 0 Å². The quantitative estimate of drug-likeness (QED) is 0.328. The van der Waals surface area contributed by atoms with Crippen molar-refractivity contribution in [2.45, 2.75) is 67.3 Å². The molecule has 0 aliphatic carbocycles. The number of aryl methyl sites for hydroxylation is 1. The number of hydrogen-bond acceptors (Lipinski definition) is 5. The molecule has 3 aromatic rings. The first-order valence-electron chi connectivity index (χ1n) is 12.8. The summed E-state index contributed by atoms with van der Waals surface area (Å²) in [5.41, 5.74) is 4.46. The van der Waals surface area contributed by atoms with E-state index in [1.165, 1.54) is 24.6 Å². The van der Waals surface area contributed by atoms with Crippen LogP contribution in [-0.2, 0) is 0 Å². The zero-order chi connectivity index (χ0) is 26.8. The van der Waals surface area contributed by atoms with Gasteiger partial charge in [-0.25, -0.2) is 9.78 Å². The van der Waals surface area contributed by atoms with Gasteiger partial charge in [-0.05, 0) is 57.9 Å². The fourth-order valence-corrected chi connectivity index (χ4v) is 3.24. The molecule has 1 fully saturated rings. The molecule has 1 aromatic carbocycles. The van der Waals surface area contributed by atoms with E-state index in [9.17, 15) is 4.79 Å². The van der Waals surface area contributed by atoms with Gasteiger partial charge in [0.1, 0.15) is 0 Å². The third-order valence-corrected chi connectivity index (χ3v) is 5.05. The fraction of sp³-hybridized carbons (Fsp3) is 0.379. The number of nitrogens with one attached hydrogen (secondary N) is 3. The van der Waals surface area contributed by atoms with Crippen molar-refractivity contribution < 1.29 is 4.79 Å². The van der Waals surface area contributed by atoms with Crippen molar-refractivity contribution >= 4 is 17.5 Å². The summed E-state index contributed by atoms with van der Waals surface area (Å²) < 4.78 is 0. The molecular formula is C29H42N6O. The largest absolute Gasteiger partial charge is 0.324 e. The maximum Gasteiger partial charge on any atom is 0.324 e. The normalized spacial score (nSPS) is 13.8. The molecule has 4 rings (SSSR count). The molecule has 1 atom stereocenters. The summed E-state index contributed by atoms with van der Waals surface area (Å²) in [7, 11) is 0. The van der Waals surface area contributed by atoms with Crippen molar-refractivity contribution in [1.29, 1.82) is 0 Å². The van der Waals surface area contributed by atoms with Gasteiger partial charge in [0.25, 0.3) is 0 Å². The van der Waals surface area contributed by atoms with E-state index in [2.05, 4.69) is 43.0 Å². The Kier molecular flexibility index (Phi) is 15.1. The summed E-state index contributed by atoms with van der Waals surface area (Å²) in [5.74, 6) is 0.386. The Morgan fingerprint density at radius 2 is 1.64 bits per heavy atom. The van der Waals surface area contributed by atoms with Crippen LogP contribution >= 0.6 is 0 Å². The van der Waals surface area contributed by atoms with Crippen molar-refractivity contribution in [3.63, 3.8) is 0 Å². The minimum Gasteiger partial charge on any atom is -0.310 e. The Balaban J connectivity index is 0.000000725. The van der Waals surface area contributed by atoms with Crippen LogP contribution in [0, 0.1) is 6.92 Å². The average molecular weight is 491 g/mol. The van der Waals surface area contributed by atoms with Gasteiger partial charge in [0.15, 0.2) is 5.82 Å². The number of hydrogen-bond donors (Lipinski definition) is 3. The van der Waals surface area contributed by atoms with Crippen LogP contribution in [0.3, 0.4) is 0 Å². The first-order chi connectivity index (χ1) is 17.6. The van der Waals surface area contributed by atoms with Crippen LogP contribution in [0.4, 0.5) is 16.3 Å². The molecule has 7 nitrogen and oxygen atoms in total. The Morgan fingerprint density at radius 1 is 0.944 bits per heavy atom. The molecule has 7 heteroatoms. The lowest BCUT2D eigenvalue weighted by Crippen LogP contribution is -2.20. The van der Waals surface area contributed by atoms with Gasteiger partial charge in [0, 0.05) is 17.3 Å². The highest BCUT2D eigenvalue weighted by molar-refractivity contribution is 5.99. The molecule has 1 aliphatic heterocycles. The van der Waals surface area contributed by atoms with Crippen molar-refractivity contribution in [1.82, 2.24) is 20.3 Å². The van der Waals surface area contributed by atoms with Gasteiger partial charge in [0.05, 0.1) is 30.0 Å². The second-order valence-corrected chi connectivity index (χ2v) is 7.49. The lowest BCUT2D eigenvalue weighted by atomic mass is 10.0. The van der Waals surface area contributed by atoms with E-state index in [1.54, 1.807) is 18.5 Å². The van der Waals surface area contributed by atoms with Crippen LogP contribution in [0.5, 0.6) is 0 Å². The maximum absolute atomic E-state index is 12.2. The topological polar surface area (TPSA) is 91.8 Å². The number of pyridine rings is 1. The third kappa shape index (κ3) is 10.4.